The number of amides is 1. The number of nitro benzene ring substituents is 1. The summed E-state index contributed by atoms with van der Waals surface area (Å²) in [6.07, 6.45) is 0. The quantitative estimate of drug-likeness (QED) is 0.364. The molecule has 3 rings (SSSR count). The Bertz CT molecular complexity index is 991. The highest BCUT2D eigenvalue weighted by Gasteiger charge is 2.20. The van der Waals surface area contributed by atoms with Gasteiger partial charge in [0.05, 0.1) is 23.0 Å². The van der Waals surface area contributed by atoms with Gasteiger partial charge in [-0.3, -0.25) is 14.9 Å². The molecule has 3 aromatic rings. The van der Waals surface area contributed by atoms with Crippen molar-refractivity contribution in [3.05, 3.63) is 58.6 Å². The maximum absolute atomic E-state index is 12.5. The molecule has 10 nitrogen and oxygen atoms in total. The van der Waals surface area contributed by atoms with Crippen LogP contribution in [0.4, 0.5) is 11.4 Å². The van der Waals surface area contributed by atoms with Crippen LogP contribution in [0, 0.1) is 10.1 Å². The van der Waals surface area contributed by atoms with Gasteiger partial charge in [-0.2, -0.15) is 4.68 Å². The first kappa shape index (κ1) is 19.3. The Morgan fingerprint density at radius 3 is 2.71 bits per heavy atom. The molecule has 1 aromatic heterocycles. The number of rotatable bonds is 7. The number of nitro groups is 1. The molecule has 2 aromatic carbocycles. The maximum Gasteiger partial charge on any atom is 0.271 e. The Morgan fingerprint density at radius 2 is 2.04 bits per heavy atom. The van der Waals surface area contributed by atoms with Gasteiger partial charge < -0.3 is 10.1 Å². The van der Waals surface area contributed by atoms with Crippen LogP contribution in [0.15, 0.2) is 53.7 Å². The number of ether oxygens (including phenoxy) is 1. The Hall–Kier alpha value is -3.47. The van der Waals surface area contributed by atoms with Gasteiger partial charge in [0, 0.05) is 17.8 Å². The van der Waals surface area contributed by atoms with E-state index in [0.717, 1.165) is 5.69 Å². The van der Waals surface area contributed by atoms with E-state index in [4.69, 9.17) is 4.74 Å². The number of aromatic nitrogens is 4. The third kappa shape index (κ3) is 4.43. The van der Waals surface area contributed by atoms with Crippen molar-refractivity contribution in [2.45, 2.75) is 17.3 Å². The van der Waals surface area contributed by atoms with Gasteiger partial charge in [0.15, 0.2) is 0 Å². The van der Waals surface area contributed by atoms with Gasteiger partial charge in [-0.25, -0.2) is 0 Å². The predicted octanol–water partition coefficient (Wildman–Crippen LogP) is 2.70. The number of tetrazole rings is 1. The second kappa shape index (κ2) is 8.48. The van der Waals surface area contributed by atoms with Crippen LogP contribution in [-0.2, 0) is 4.79 Å². The molecule has 144 valence electrons. The summed E-state index contributed by atoms with van der Waals surface area (Å²) in [6, 6.07) is 12.9. The van der Waals surface area contributed by atoms with Gasteiger partial charge >= 0.3 is 0 Å². The lowest BCUT2D eigenvalue weighted by Crippen LogP contribution is -2.23. The van der Waals surface area contributed by atoms with Gasteiger partial charge in [0.1, 0.15) is 5.75 Å². The second-order valence-electron chi connectivity index (χ2n) is 5.63. The number of nitrogens with one attached hydrogen (secondary N) is 1. The van der Waals surface area contributed by atoms with Crippen molar-refractivity contribution in [2.75, 3.05) is 12.4 Å². The number of anilines is 1. The first-order valence-corrected chi connectivity index (χ1v) is 9.00. The third-order valence-corrected chi connectivity index (χ3v) is 4.77. The lowest BCUT2D eigenvalue weighted by Gasteiger charge is -2.12. The molecule has 0 fully saturated rings. The summed E-state index contributed by atoms with van der Waals surface area (Å²) in [5.74, 6) is 0.380. The molecule has 0 aliphatic rings. The molecule has 1 N–H and O–H groups in total. The normalized spacial score (nSPS) is 11.6. The summed E-state index contributed by atoms with van der Waals surface area (Å²) < 4.78 is 6.65. The van der Waals surface area contributed by atoms with E-state index in [1.54, 1.807) is 44.4 Å². The summed E-state index contributed by atoms with van der Waals surface area (Å²) in [5, 5.41) is 25.0. The number of carbonyl (C=O) groups is 1. The molecule has 1 atom stereocenters. The molecule has 0 unspecified atom stereocenters. The number of benzene rings is 2. The van der Waals surface area contributed by atoms with Crippen LogP contribution in [-0.4, -0.2) is 43.4 Å². The van der Waals surface area contributed by atoms with Gasteiger partial charge in [-0.05, 0) is 47.7 Å². The fourth-order valence-electron chi connectivity index (χ4n) is 2.29. The minimum atomic E-state index is -0.540. The molecule has 1 heterocycles. The highest BCUT2D eigenvalue weighted by atomic mass is 32.2. The van der Waals surface area contributed by atoms with E-state index in [9.17, 15) is 14.9 Å². The van der Waals surface area contributed by atoms with E-state index in [1.165, 1.54) is 34.6 Å². The SMILES string of the molecule is COc1ccc(-n2nnnc2S[C@@H](C)C(=O)Nc2cccc([N+](=O)[O-])c2)cc1. The molecular formula is C17H16N6O4S. The minimum Gasteiger partial charge on any atom is -0.497 e. The van der Waals surface area contributed by atoms with E-state index in [-0.39, 0.29) is 11.6 Å². The van der Waals surface area contributed by atoms with Crippen LogP contribution < -0.4 is 10.1 Å². The Balaban J connectivity index is 1.70. The van der Waals surface area contributed by atoms with Gasteiger partial charge in [0.25, 0.3) is 5.69 Å². The zero-order chi connectivity index (χ0) is 20.1. The first-order valence-electron chi connectivity index (χ1n) is 8.12. The highest BCUT2D eigenvalue weighted by Crippen LogP contribution is 2.25. The van der Waals surface area contributed by atoms with Crippen molar-refractivity contribution in [1.29, 1.82) is 0 Å². The Labute approximate surface area is 164 Å². The van der Waals surface area contributed by atoms with E-state index in [2.05, 4.69) is 20.8 Å². The van der Waals surface area contributed by atoms with Gasteiger partial charge in [0.2, 0.25) is 11.1 Å². The minimum absolute atomic E-state index is 0.0958. The Morgan fingerprint density at radius 1 is 1.29 bits per heavy atom. The van der Waals surface area contributed by atoms with Gasteiger partial charge in [-0.15, -0.1) is 5.10 Å². The third-order valence-electron chi connectivity index (χ3n) is 3.73. The summed E-state index contributed by atoms with van der Waals surface area (Å²) in [4.78, 5) is 22.8. The summed E-state index contributed by atoms with van der Waals surface area (Å²) in [6.45, 7) is 1.70. The van der Waals surface area contributed by atoms with Crippen LogP contribution in [0.1, 0.15) is 6.92 Å². The van der Waals surface area contributed by atoms with Crippen LogP contribution >= 0.6 is 11.8 Å². The zero-order valence-electron chi connectivity index (χ0n) is 15.0. The van der Waals surface area contributed by atoms with Gasteiger partial charge in [-0.1, -0.05) is 17.8 Å². The summed E-state index contributed by atoms with van der Waals surface area (Å²) >= 11 is 1.17. The van der Waals surface area contributed by atoms with Crippen molar-refractivity contribution >= 4 is 29.0 Å². The first-order chi connectivity index (χ1) is 13.5. The van der Waals surface area contributed by atoms with Crippen LogP contribution in [0.5, 0.6) is 5.75 Å². The van der Waals surface area contributed by atoms with Crippen molar-refractivity contribution < 1.29 is 14.5 Å². The average Bonchev–Trinajstić information content (AvgIpc) is 3.16. The molecule has 0 aliphatic heterocycles. The number of thioether (sulfide) groups is 1. The van der Waals surface area contributed by atoms with E-state index in [1.807, 2.05) is 0 Å². The highest BCUT2D eigenvalue weighted by molar-refractivity contribution is 8.00. The number of hydrogen-bond acceptors (Lipinski definition) is 8. The second-order valence-corrected chi connectivity index (χ2v) is 6.94. The molecule has 0 aliphatic carbocycles. The van der Waals surface area contributed by atoms with Crippen molar-refractivity contribution in [2.24, 2.45) is 0 Å². The van der Waals surface area contributed by atoms with Crippen molar-refractivity contribution in [3.8, 4) is 11.4 Å². The Kier molecular flexibility index (Phi) is 5.84. The molecule has 0 bridgehead atoms. The molecule has 0 radical (unpaired) electrons. The molecule has 28 heavy (non-hydrogen) atoms. The fourth-order valence-corrected chi connectivity index (χ4v) is 3.10. The molecule has 1 amide bonds. The number of hydrogen-bond donors (Lipinski definition) is 1. The monoisotopic (exact) mass is 400 g/mol. The lowest BCUT2D eigenvalue weighted by atomic mass is 10.2. The lowest BCUT2D eigenvalue weighted by molar-refractivity contribution is -0.384. The smallest absolute Gasteiger partial charge is 0.271 e. The van der Waals surface area contributed by atoms with E-state index >= 15 is 0 Å². The number of nitrogens with zero attached hydrogens (tertiary/aromatic N) is 5. The standard InChI is InChI=1S/C17H16N6O4S/c1-11(16(24)18-12-4-3-5-14(10-12)23(25)26)28-17-19-20-21-22(17)13-6-8-15(27-2)9-7-13/h3-11H,1-2H3,(H,18,24)/t11-/m0/s1. The predicted molar refractivity (Wildman–Crippen MR) is 103 cm³/mol. The largest absolute Gasteiger partial charge is 0.497 e. The van der Waals surface area contributed by atoms with E-state index in [0.29, 0.717) is 16.6 Å². The summed E-state index contributed by atoms with van der Waals surface area (Å²) in [7, 11) is 1.58. The zero-order valence-corrected chi connectivity index (χ0v) is 15.8. The fraction of sp³-hybridized carbons (Fsp3) is 0.176. The number of methoxy groups -OCH3 is 1. The van der Waals surface area contributed by atoms with Crippen LogP contribution in [0.2, 0.25) is 0 Å². The molecular weight excluding hydrogens is 384 g/mol. The molecule has 11 heteroatoms. The van der Waals surface area contributed by atoms with Crippen molar-refractivity contribution in [1.82, 2.24) is 20.2 Å². The molecule has 0 saturated heterocycles. The van der Waals surface area contributed by atoms with Crippen LogP contribution in [0.25, 0.3) is 5.69 Å². The van der Waals surface area contributed by atoms with Crippen molar-refractivity contribution in [3.63, 3.8) is 0 Å². The average molecular weight is 400 g/mol. The molecule has 0 spiro atoms. The topological polar surface area (TPSA) is 125 Å². The number of carbonyl (C=O) groups excluding carboxylic acids is 1. The summed E-state index contributed by atoms with van der Waals surface area (Å²) in [5.41, 5.74) is 0.975. The maximum atomic E-state index is 12.5. The van der Waals surface area contributed by atoms with Crippen LogP contribution in [0.3, 0.4) is 0 Å². The number of non-ortho nitro benzene ring substituents is 1. The molecule has 0 saturated carbocycles. The van der Waals surface area contributed by atoms with E-state index < -0.39 is 10.2 Å².